The Kier molecular flexibility index (Phi) is 7.19. The molecule has 23 heavy (non-hydrogen) atoms. The SMILES string of the molecule is Cl.Nc1ccc(CCNC(=O)C2CCCC(C(F)(F)F)C2)cc1. The molecule has 1 aliphatic rings. The molecule has 7 heteroatoms. The van der Waals surface area contributed by atoms with Crippen LogP contribution in [0.15, 0.2) is 24.3 Å². The highest BCUT2D eigenvalue weighted by Gasteiger charge is 2.43. The summed E-state index contributed by atoms with van der Waals surface area (Å²) in [4.78, 5) is 12.0. The van der Waals surface area contributed by atoms with E-state index in [1.165, 1.54) is 0 Å². The molecule has 0 radical (unpaired) electrons. The zero-order chi connectivity index (χ0) is 16.2. The number of benzene rings is 1. The van der Waals surface area contributed by atoms with Crippen LogP contribution >= 0.6 is 12.4 Å². The summed E-state index contributed by atoms with van der Waals surface area (Å²) < 4.78 is 38.2. The van der Waals surface area contributed by atoms with E-state index in [4.69, 9.17) is 5.73 Å². The molecule has 0 spiro atoms. The number of nitrogens with one attached hydrogen (secondary N) is 1. The number of halogens is 4. The van der Waals surface area contributed by atoms with Crippen molar-refractivity contribution < 1.29 is 18.0 Å². The standard InChI is InChI=1S/C16H21F3N2O.ClH/c17-16(18,19)13-3-1-2-12(10-13)15(22)21-9-8-11-4-6-14(20)7-5-11;/h4-7,12-13H,1-3,8-10,20H2,(H,21,22);1H. The topological polar surface area (TPSA) is 55.1 Å². The first-order chi connectivity index (χ1) is 10.4. The number of hydrogen-bond acceptors (Lipinski definition) is 2. The zero-order valence-corrected chi connectivity index (χ0v) is 13.6. The van der Waals surface area contributed by atoms with Crippen LogP contribution in [0.5, 0.6) is 0 Å². The molecule has 1 aromatic rings. The molecule has 3 nitrogen and oxygen atoms in total. The fourth-order valence-corrected chi connectivity index (χ4v) is 2.88. The van der Waals surface area contributed by atoms with Crippen LogP contribution in [0.3, 0.4) is 0 Å². The molecular formula is C16H22ClF3N2O. The van der Waals surface area contributed by atoms with Gasteiger partial charge >= 0.3 is 6.18 Å². The lowest BCUT2D eigenvalue weighted by atomic mass is 9.80. The first-order valence-corrected chi connectivity index (χ1v) is 7.55. The van der Waals surface area contributed by atoms with Gasteiger partial charge in [0.05, 0.1) is 5.92 Å². The normalized spacial score (nSPS) is 21.3. The summed E-state index contributed by atoms with van der Waals surface area (Å²) in [6.07, 6.45) is -2.50. The van der Waals surface area contributed by atoms with E-state index >= 15 is 0 Å². The largest absolute Gasteiger partial charge is 0.399 e. The van der Waals surface area contributed by atoms with E-state index < -0.39 is 18.0 Å². The minimum atomic E-state index is -4.19. The lowest BCUT2D eigenvalue weighted by Gasteiger charge is -2.29. The van der Waals surface area contributed by atoms with Crippen molar-refractivity contribution in [3.8, 4) is 0 Å². The first-order valence-electron chi connectivity index (χ1n) is 7.55. The van der Waals surface area contributed by atoms with Gasteiger partial charge in [-0.3, -0.25) is 4.79 Å². The van der Waals surface area contributed by atoms with Crippen molar-refractivity contribution in [1.29, 1.82) is 0 Å². The summed E-state index contributed by atoms with van der Waals surface area (Å²) in [5.74, 6) is -2.12. The van der Waals surface area contributed by atoms with Gasteiger partial charge in [0.1, 0.15) is 0 Å². The van der Waals surface area contributed by atoms with Gasteiger partial charge in [-0.15, -0.1) is 12.4 Å². The Balaban J connectivity index is 0.00000264. The third-order valence-corrected chi connectivity index (χ3v) is 4.20. The summed E-state index contributed by atoms with van der Waals surface area (Å²) in [6, 6.07) is 7.32. The Labute approximate surface area is 140 Å². The molecule has 1 saturated carbocycles. The Hall–Kier alpha value is -1.43. The highest BCUT2D eigenvalue weighted by molar-refractivity contribution is 5.85. The third kappa shape index (κ3) is 5.94. The number of hydrogen-bond donors (Lipinski definition) is 2. The van der Waals surface area contributed by atoms with Crippen LogP contribution in [0.2, 0.25) is 0 Å². The maximum atomic E-state index is 12.7. The molecule has 2 rings (SSSR count). The van der Waals surface area contributed by atoms with Gasteiger partial charge in [0.25, 0.3) is 0 Å². The number of carbonyl (C=O) groups excluding carboxylic acids is 1. The summed E-state index contributed by atoms with van der Waals surface area (Å²) in [6.45, 7) is 0.427. The minimum Gasteiger partial charge on any atom is -0.399 e. The fraction of sp³-hybridized carbons (Fsp3) is 0.562. The number of carbonyl (C=O) groups is 1. The van der Waals surface area contributed by atoms with E-state index in [1.807, 2.05) is 12.1 Å². The Bertz CT molecular complexity index is 505. The second-order valence-electron chi connectivity index (χ2n) is 5.88. The van der Waals surface area contributed by atoms with E-state index in [2.05, 4.69) is 5.32 Å². The molecule has 0 aromatic heterocycles. The molecule has 3 N–H and O–H groups in total. The van der Waals surface area contributed by atoms with E-state index in [9.17, 15) is 18.0 Å². The molecule has 1 amide bonds. The number of amides is 1. The molecule has 1 fully saturated rings. The van der Waals surface area contributed by atoms with Gasteiger partial charge in [-0.1, -0.05) is 18.6 Å². The highest BCUT2D eigenvalue weighted by atomic mass is 35.5. The van der Waals surface area contributed by atoms with Gasteiger partial charge in [-0.25, -0.2) is 0 Å². The monoisotopic (exact) mass is 350 g/mol. The molecule has 2 unspecified atom stereocenters. The number of alkyl halides is 3. The van der Waals surface area contributed by atoms with Gasteiger partial charge in [-0.2, -0.15) is 13.2 Å². The molecule has 1 aromatic carbocycles. The molecule has 0 aliphatic heterocycles. The predicted molar refractivity (Wildman–Crippen MR) is 86.3 cm³/mol. The Morgan fingerprint density at radius 2 is 1.87 bits per heavy atom. The molecule has 130 valence electrons. The average Bonchev–Trinajstić information content (AvgIpc) is 2.48. The lowest BCUT2D eigenvalue weighted by molar-refractivity contribution is -0.186. The van der Waals surface area contributed by atoms with Gasteiger partial charge in [-0.05, 0) is 43.4 Å². The Morgan fingerprint density at radius 1 is 1.22 bits per heavy atom. The van der Waals surface area contributed by atoms with E-state index in [0.717, 1.165) is 5.56 Å². The van der Waals surface area contributed by atoms with Crippen LogP contribution in [0.4, 0.5) is 18.9 Å². The Morgan fingerprint density at radius 3 is 2.48 bits per heavy atom. The van der Waals surface area contributed by atoms with E-state index in [1.54, 1.807) is 12.1 Å². The number of nitrogens with two attached hydrogens (primary N) is 1. The lowest BCUT2D eigenvalue weighted by Crippen LogP contribution is -2.38. The van der Waals surface area contributed by atoms with Crippen molar-refractivity contribution in [2.24, 2.45) is 11.8 Å². The third-order valence-electron chi connectivity index (χ3n) is 4.20. The van der Waals surface area contributed by atoms with Gasteiger partial charge in [0.2, 0.25) is 5.91 Å². The van der Waals surface area contributed by atoms with Crippen molar-refractivity contribution in [2.75, 3.05) is 12.3 Å². The summed E-state index contributed by atoms with van der Waals surface area (Å²) >= 11 is 0. The highest BCUT2D eigenvalue weighted by Crippen LogP contribution is 2.39. The molecule has 0 bridgehead atoms. The van der Waals surface area contributed by atoms with Crippen molar-refractivity contribution in [1.82, 2.24) is 5.32 Å². The molecule has 2 atom stereocenters. The van der Waals surface area contributed by atoms with Crippen molar-refractivity contribution in [3.63, 3.8) is 0 Å². The number of rotatable bonds is 4. The fourth-order valence-electron chi connectivity index (χ4n) is 2.88. The number of nitrogen functional groups attached to an aromatic ring is 1. The van der Waals surface area contributed by atoms with Gasteiger partial charge < -0.3 is 11.1 Å². The van der Waals surface area contributed by atoms with Crippen molar-refractivity contribution >= 4 is 24.0 Å². The summed E-state index contributed by atoms with van der Waals surface area (Å²) in [7, 11) is 0. The summed E-state index contributed by atoms with van der Waals surface area (Å²) in [5.41, 5.74) is 7.30. The van der Waals surface area contributed by atoms with Crippen LogP contribution in [-0.4, -0.2) is 18.6 Å². The van der Waals surface area contributed by atoms with Crippen molar-refractivity contribution in [2.45, 2.75) is 38.3 Å². The zero-order valence-electron chi connectivity index (χ0n) is 12.7. The second kappa shape index (κ2) is 8.43. The maximum absolute atomic E-state index is 12.7. The average molecular weight is 351 g/mol. The van der Waals surface area contributed by atoms with Crippen LogP contribution in [0, 0.1) is 11.8 Å². The van der Waals surface area contributed by atoms with Gasteiger partial charge in [0, 0.05) is 18.2 Å². The number of anilines is 1. The minimum absolute atomic E-state index is 0. The van der Waals surface area contributed by atoms with Gasteiger partial charge in [0.15, 0.2) is 0 Å². The van der Waals surface area contributed by atoms with Crippen LogP contribution in [-0.2, 0) is 11.2 Å². The summed E-state index contributed by atoms with van der Waals surface area (Å²) in [5, 5.41) is 2.75. The molecular weight excluding hydrogens is 329 g/mol. The van der Waals surface area contributed by atoms with Crippen LogP contribution in [0.25, 0.3) is 0 Å². The van der Waals surface area contributed by atoms with Crippen LogP contribution < -0.4 is 11.1 Å². The second-order valence-corrected chi connectivity index (χ2v) is 5.88. The quantitative estimate of drug-likeness (QED) is 0.813. The first kappa shape index (κ1) is 19.6. The van der Waals surface area contributed by atoms with Crippen molar-refractivity contribution in [3.05, 3.63) is 29.8 Å². The molecule has 0 saturated heterocycles. The molecule has 1 aliphatic carbocycles. The maximum Gasteiger partial charge on any atom is 0.391 e. The predicted octanol–water partition coefficient (Wildman–Crippen LogP) is 3.72. The van der Waals surface area contributed by atoms with Crippen LogP contribution in [0.1, 0.15) is 31.2 Å². The van der Waals surface area contributed by atoms with E-state index in [-0.39, 0.29) is 31.2 Å². The molecule has 0 heterocycles. The van der Waals surface area contributed by atoms with E-state index in [0.29, 0.717) is 31.5 Å². The smallest absolute Gasteiger partial charge is 0.391 e.